The van der Waals surface area contributed by atoms with Crippen LogP contribution in [0.25, 0.3) is 0 Å². The van der Waals surface area contributed by atoms with Gasteiger partial charge in [-0.3, -0.25) is 0 Å². The van der Waals surface area contributed by atoms with E-state index in [0.717, 1.165) is 32.3 Å². The zero-order valence-electron chi connectivity index (χ0n) is 11.0. The van der Waals surface area contributed by atoms with Crippen LogP contribution in [0.4, 0.5) is 13.2 Å². The van der Waals surface area contributed by atoms with Gasteiger partial charge in [-0.1, -0.05) is 38.0 Å². The minimum absolute atomic E-state index is 0.0333. The number of halogens is 3. The van der Waals surface area contributed by atoms with E-state index in [2.05, 4.69) is 0 Å². The van der Waals surface area contributed by atoms with Gasteiger partial charge in [-0.15, -0.1) is 0 Å². The zero-order valence-corrected chi connectivity index (χ0v) is 11.0. The molecule has 1 aliphatic carbocycles. The van der Waals surface area contributed by atoms with Crippen molar-refractivity contribution < 1.29 is 17.9 Å². The minimum atomic E-state index is -4.21. The second kappa shape index (κ2) is 6.98. The van der Waals surface area contributed by atoms with Crippen LogP contribution in [0.2, 0.25) is 0 Å². The molecule has 0 aromatic heterocycles. The van der Waals surface area contributed by atoms with Crippen LogP contribution >= 0.6 is 0 Å². The van der Waals surface area contributed by atoms with Gasteiger partial charge in [0.1, 0.15) is 0 Å². The lowest BCUT2D eigenvalue weighted by atomic mass is 9.83. The van der Waals surface area contributed by atoms with Gasteiger partial charge in [0.25, 0.3) is 0 Å². The van der Waals surface area contributed by atoms with Crippen molar-refractivity contribution in [1.29, 1.82) is 0 Å². The normalized spacial score (nSPS) is 24.2. The number of rotatable bonds is 6. The molecule has 0 radical (unpaired) electrons. The van der Waals surface area contributed by atoms with E-state index in [1.54, 1.807) is 13.2 Å². The Kier molecular flexibility index (Phi) is 5.93. The number of ether oxygens (including phenoxy) is 1. The molecule has 0 saturated carbocycles. The smallest absolute Gasteiger partial charge is 0.385 e. The van der Waals surface area contributed by atoms with Crippen LogP contribution in [-0.2, 0) is 4.74 Å². The molecule has 0 aliphatic heterocycles. The van der Waals surface area contributed by atoms with Crippen molar-refractivity contribution in [2.45, 2.75) is 38.8 Å². The maximum Gasteiger partial charge on any atom is 0.416 e. The maximum absolute atomic E-state index is 12.5. The summed E-state index contributed by atoms with van der Waals surface area (Å²) < 4.78 is 42.5. The predicted molar refractivity (Wildman–Crippen MR) is 66.3 cm³/mol. The van der Waals surface area contributed by atoms with E-state index in [1.807, 2.05) is 6.92 Å². The highest BCUT2D eigenvalue weighted by molar-refractivity contribution is 5.29. The van der Waals surface area contributed by atoms with Gasteiger partial charge in [-0.25, -0.2) is 0 Å². The van der Waals surface area contributed by atoms with E-state index in [4.69, 9.17) is 4.74 Å². The summed E-state index contributed by atoms with van der Waals surface area (Å²) in [5.74, 6) is 0.202. The van der Waals surface area contributed by atoms with Gasteiger partial charge in [0.15, 0.2) is 0 Å². The number of hydrogen-bond acceptors (Lipinski definition) is 1. The Morgan fingerprint density at radius 1 is 1.22 bits per heavy atom. The van der Waals surface area contributed by atoms with Crippen molar-refractivity contribution >= 4 is 0 Å². The summed E-state index contributed by atoms with van der Waals surface area (Å²) in [6.45, 7) is 2.61. The maximum atomic E-state index is 12.5. The van der Waals surface area contributed by atoms with Gasteiger partial charge < -0.3 is 4.74 Å². The second-order valence-electron chi connectivity index (χ2n) is 4.84. The lowest BCUT2D eigenvalue weighted by Gasteiger charge is -2.23. The van der Waals surface area contributed by atoms with Gasteiger partial charge in [0.2, 0.25) is 0 Å². The SMILES string of the molecule is COCCCCC[C@@H]1C=CC(C(F)(F)F)=C[C@H]1C. The van der Waals surface area contributed by atoms with E-state index in [9.17, 15) is 13.2 Å². The predicted octanol–water partition coefficient (Wildman–Crippen LogP) is 4.50. The standard InChI is InChI=1S/C14H21F3O/c1-11-10-13(14(15,16)17)8-7-12(11)6-4-3-5-9-18-2/h7-8,10-12H,3-6,9H2,1-2H3/t11-,12-/m1/s1. The van der Waals surface area contributed by atoms with E-state index in [1.165, 1.54) is 12.2 Å². The summed E-state index contributed by atoms with van der Waals surface area (Å²) in [6.07, 6.45) is 4.14. The fraction of sp³-hybridized carbons (Fsp3) is 0.714. The van der Waals surface area contributed by atoms with Crippen LogP contribution in [-0.4, -0.2) is 19.9 Å². The molecule has 2 atom stereocenters. The quantitative estimate of drug-likeness (QED) is 0.640. The van der Waals surface area contributed by atoms with Gasteiger partial charge in [0.05, 0.1) is 5.57 Å². The summed E-state index contributed by atoms with van der Waals surface area (Å²) in [5.41, 5.74) is -0.509. The fourth-order valence-electron chi connectivity index (χ4n) is 2.22. The first-order valence-electron chi connectivity index (χ1n) is 6.41. The summed E-state index contributed by atoms with van der Waals surface area (Å²) in [7, 11) is 1.68. The summed E-state index contributed by atoms with van der Waals surface area (Å²) in [6, 6.07) is 0. The zero-order chi connectivity index (χ0) is 13.6. The van der Waals surface area contributed by atoms with Gasteiger partial charge in [-0.2, -0.15) is 13.2 Å². The highest BCUT2D eigenvalue weighted by Gasteiger charge is 2.34. The largest absolute Gasteiger partial charge is 0.416 e. The third kappa shape index (κ3) is 4.84. The third-order valence-electron chi connectivity index (χ3n) is 3.35. The summed E-state index contributed by atoms with van der Waals surface area (Å²) >= 11 is 0. The molecule has 1 rings (SSSR count). The van der Waals surface area contributed by atoms with Crippen LogP contribution in [0.3, 0.4) is 0 Å². The molecule has 0 aromatic rings. The van der Waals surface area contributed by atoms with Gasteiger partial charge in [-0.05, 0) is 24.7 Å². The second-order valence-corrected chi connectivity index (χ2v) is 4.84. The third-order valence-corrected chi connectivity index (χ3v) is 3.35. The molecular weight excluding hydrogens is 241 g/mol. The Bertz CT molecular complexity index is 305. The van der Waals surface area contributed by atoms with E-state index in [0.29, 0.717) is 0 Å². The van der Waals surface area contributed by atoms with Crippen LogP contribution in [0.15, 0.2) is 23.8 Å². The molecule has 0 amide bonds. The average molecular weight is 262 g/mol. The molecule has 0 spiro atoms. The van der Waals surface area contributed by atoms with Crippen molar-refractivity contribution in [2.24, 2.45) is 11.8 Å². The van der Waals surface area contributed by atoms with E-state index < -0.39 is 11.7 Å². The van der Waals surface area contributed by atoms with Crippen LogP contribution in [0, 0.1) is 11.8 Å². The Labute approximate surface area is 107 Å². The Balaban J connectivity index is 2.35. The number of hydrogen-bond donors (Lipinski definition) is 0. The minimum Gasteiger partial charge on any atom is -0.385 e. The molecule has 0 heterocycles. The van der Waals surface area contributed by atoms with Crippen molar-refractivity contribution in [2.75, 3.05) is 13.7 Å². The molecule has 4 heteroatoms. The van der Waals surface area contributed by atoms with Crippen LogP contribution in [0.5, 0.6) is 0 Å². The highest BCUT2D eigenvalue weighted by atomic mass is 19.4. The molecule has 18 heavy (non-hydrogen) atoms. The summed E-state index contributed by atoms with van der Waals surface area (Å²) in [4.78, 5) is 0. The average Bonchev–Trinajstić information content (AvgIpc) is 2.29. The first kappa shape index (κ1) is 15.3. The topological polar surface area (TPSA) is 9.23 Å². The highest BCUT2D eigenvalue weighted by Crippen LogP contribution is 2.34. The molecule has 0 N–H and O–H groups in total. The lowest BCUT2D eigenvalue weighted by molar-refractivity contribution is -0.0890. The number of methoxy groups -OCH3 is 1. The number of allylic oxidation sites excluding steroid dienone is 4. The summed E-state index contributed by atoms with van der Waals surface area (Å²) in [5, 5.41) is 0. The monoisotopic (exact) mass is 262 g/mol. The van der Waals surface area contributed by atoms with Crippen molar-refractivity contribution in [3.63, 3.8) is 0 Å². The van der Waals surface area contributed by atoms with Crippen molar-refractivity contribution in [3.8, 4) is 0 Å². The van der Waals surface area contributed by atoms with Crippen LogP contribution < -0.4 is 0 Å². The Hall–Kier alpha value is -0.770. The molecule has 0 bridgehead atoms. The Morgan fingerprint density at radius 3 is 2.50 bits per heavy atom. The fourth-order valence-corrected chi connectivity index (χ4v) is 2.22. The van der Waals surface area contributed by atoms with Crippen molar-refractivity contribution in [3.05, 3.63) is 23.8 Å². The molecule has 1 aliphatic rings. The van der Waals surface area contributed by atoms with E-state index in [-0.39, 0.29) is 11.8 Å². The molecule has 104 valence electrons. The number of alkyl halides is 3. The first-order chi connectivity index (χ1) is 8.45. The van der Waals surface area contributed by atoms with Gasteiger partial charge in [0, 0.05) is 13.7 Å². The molecular formula is C14H21F3O. The number of unbranched alkanes of at least 4 members (excludes halogenated alkanes) is 2. The van der Waals surface area contributed by atoms with Crippen LogP contribution in [0.1, 0.15) is 32.6 Å². The molecule has 0 aromatic carbocycles. The van der Waals surface area contributed by atoms with E-state index >= 15 is 0 Å². The first-order valence-corrected chi connectivity index (χ1v) is 6.41. The molecule has 1 nitrogen and oxygen atoms in total. The molecule has 0 fully saturated rings. The molecule has 0 saturated heterocycles. The lowest BCUT2D eigenvalue weighted by Crippen LogP contribution is -2.18. The molecule has 0 unspecified atom stereocenters. The van der Waals surface area contributed by atoms with Crippen molar-refractivity contribution in [1.82, 2.24) is 0 Å². The Morgan fingerprint density at radius 2 is 1.94 bits per heavy atom. The van der Waals surface area contributed by atoms with Gasteiger partial charge >= 0.3 is 6.18 Å².